The number of likely N-dealkylation sites (N-methyl/N-ethyl adjacent to an activating group) is 1. The van der Waals surface area contributed by atoms with Gasteiger partial charge in [-0.25, -0.2) is 0 Å². The van der Waals surface area contributed by atoms with Gasteiger partial charge in [0.15, 0.2) is 0 Å². The van der Waals surface area contributed by atoms with Gasteiger partial charge in [0.1, 0.15) is 12.3 Å². The summed E-state index contributed by atoms with van der Waals surface area (Å²) in [7, 11) is 1.88. The number of rotatable bonds is 2. The minimum Gasteiger partial charge on any atom is -0.352 e. The molecule has 0 bridgehead atoms. The molecular formula is C4H10N2O. The Balaban J connectivity index is 1.98. The van der Waals surface area contributed by atoms with Gasteiger partial charge in [-0.15, -0.1) is 0 Å². The van der Waals surface area contributed by atoms with Gasteiger partial charge < -0.3 is 15.8 Å². The third-order valence-electron chi connectivity index (χ3n) is 1.03. The van der Waals surface area contributed by atoms with Crippen LogP contribution in [-0.2, 0) is 4.74 Å². The SMILES string of the molecule is CNCC1OC1N. The third kappa shape index (κ3) is 1.12. The predicted molar refractivity (Wildman–Crippen MR) is 26.8 cm³/mol. The van der Waals surface area contributed by atoms with Gasteiger partial charge in [-0.2, -0.15) is 0 Å². The molecule has 0 aromatic carbocycles. The van der Waals surface area contributed by atoms with E-state index in [1.807, 2.05) is 7.05 Å². The molecule has 1 heterocycles. The van der Waals surface area contributed by atoms with E-state index < -0.39 is 0 Å². The second kappa shape index (κ2) is 1.78. The fraction of sp³-hybridized carbons (Fsp3) is 1.00. The molecule has 1 fully saturated rings. The molecule has 3 nitrogen and oxygen atoms in total. The highest BCUT2D eigenvalue weighted by Crippen LogP contribution is 2.13. The highest BCUT2D eigenvalue weighted by Gasteiger charge is 2.33. The van der Waals surface area contributed by atoms with Crippen molar-refractivity contribution in [2.24, 2.45) is 5.73 Å². The molecule has 0 amide bonds. The smallest absolute Gasteiger partial charge is 0.134 e. The Bertz CT molecular complexity index is 66.7. The van der Waals surface area contributed by atoms with E-state index in [0.717, 1.165) is 6.54 Å². The molecule has 1 rings (SSSR count). The van der Waals surface area contributed by atoms with Crippen molar-refractivity contribution in [2.75, 3.05) is 13.6 Å². The molecule has 0 saturated carbocycles. The van der Waals surface area contributed by atoms with Gasteiger partial charge >= 0.3 is 0 Å². The molecule has 1 aliphatic heterocycles. The predicted octanol–water partition coefficient (Wildman–Crippen LogP) is -1.11. The Morgan fingerprint density at radius 3 is 2.57 bits per heavy atom. The monoisotopic (exact) mass is 102 g/mol. The van der Waals surface area contributed by atoms with Crippen LogP contribution in [0.2, 0.25) is 0 Å². The van der Waals surface area contributed by atoms with Crippen molar-refractivity contribution >= 4 is 0 Å². The molecule has 3 heteroatoms. The quantitative estimate of drug-likeness (QED) is 0.435. The molecule has 42 valence electrons. The van der Waals surface area contributed by atoms with E-state index in [-0.39, 0.29) is 12.3 Å². The first-order chi connectivity index (χ1) is 3.34. The van der Waals surface area contributed by atoms with Gasteiger partial charge in [-0.1, -0.05) is 0 Å². The van der Waals surface area contributed by atoms with Crippen LogP contribution in [0.5, 0.6) is 0 Å². The Labute approximate surface area is 42.8 Å². The Morgan fingerprint density at radius 1 is 1.86 bits per heavy atom. The van der Waals surface area contributed by atoms with E-state index in [4.69, 9.17) is 10.5 Å². The molecule has 1 saturated heterocycles. The number of hydrogen-bond acceptors (Lipinski definition) is 3. The first-order valence-electron chi connectivity index (χ1n) is 2.40. The lowest BCUT2D eigenvalue weighted by atomic mass is 10.4. The Morgan fingerprint density at radius 2 is 2.43 bits per heavy atom. The van der Waals surface area contributed by atoms with E-state index in [1.54, 1.807) is 0 Å². The lowest BCUT2D eigenvalue weighted by Gasteiger charge is -1.86. The van der Waals surface area contributed by atoms with Crippen molar-refractivity contribution in [3.05, 3.63) is 0 Å². The molecule has 7 heavy (non-hydrogen) atoms. The summed E-state index contributed by atoms with van der Waals surface area (Å²) in [6.45, 7) is 0.876. The van der Waals surface area contributed by atoms with Crippen molar-refractivity contribution in [2.45, 2.75) is 12.3 Å². The van der Waals surface area contributed by atoms with E-state index in [1.165, 1.54) is 0 Å². The number of epoxide rings is 1. The van der Waals surface area contributed by atoms with Crippen molar-refractivity contribution < 1.29 is 4.74 Å². The molecule has 1 aliphatic rings. The van der Waals surface area contributed by atoms with Crippen LogP contribution in [0.25, 0.3) is 0 Å². The Kier molecular flexibility index (Phi) is 1.27. The van der Waals surface area contributed by atoms with Crippen molar-refractivity contribution in [3.63, 3.8) is 0 Å². The lowest BCUT2D eigenvalue weighted by Crippen LogP contribution is -2.18. The summed E-state index contributed by atoms with van der Waals surface area (Å²) in [6, 6.07) is 0. The Hall–Kier alpha value is -0.120. The summed E-state index contributed by atoms with van der Waals surface area (Å²) in [5.74, 6) is 0. The minimum atomic E-state index is 0.00690. The van der Waals surface area contributed by atoms with Crippen molar-refractivity contribution in [1.82, 2.24) is 5.32 Å². The summed E-state index contributed by atoms with van der Waals surface area (Å²) < 4.78 is 4.87. The van der Waals surface area contributed by atoms with Gasteiger partial charge in [0.05, 0.1) is 0 Å². The maximum atomic E-state index is 5.29. The van der Waals surface area contributed by atoms with Gasteiger partial charge in [0, 0.05) is 6.54 Å². The molecular weight excluding hydrogens is 92.1 g/mol. The van der Waals surface area contributed by atoms with Gasteiger partial charge in [-0.3, -0.25) is 0 Å². The molecule has 0 radical (unpaired) electrons. The largest absolute Gasteiger partial charge is 0.352 e. The summed E-state index contributed by atoms with van der Waals surface area (Å²) in [5.41, 5.74) is 5.29. The number of nitrogens with one attached hydrogen (secondary N) is 1. The highest BCUT2D eigenvalue weighted by atomic mass is 16.6. The number of nitrogens with two attached hydrogens (primary N) is 1. The van der Waals surface area contributed by atoms with Crippen LogP contribution in [0.1, 0.15) is 0 Å². The molecule has 2 atom stereocenters. The van der Waals surface area contributed by atoms with E-state index >= 15 is 0 Å². The normalized spacial score (nSPS) is 38.6. The molecule has 0 aliphatic carbocycles. The minimum absolute atomic E-state index is 0.00690. The summed E-state index contributed by atoms with van der Waals surface area (Å²) in [4.78, 5) is 0. The molecule has 0 aromatic rings. The van der Waals surface area contributed by atoms with Gasteiger partial charge in [0.25, 0.3) is 0 Å². The second-order valence-corrected chi connectivity index (χ2v) is 1.70. The van der Waals surface area contributed by atoms with Crippen LogP contribution >= 0.6 is 0 Å². The first-order valence-corrected chi connectivity index (χ1v) is 2.40. The highest BCUT2D eigenvalue weighted by molar-refractivity contribution is 4.79. The maximum Gasteiger partial charge on any atom is 0.134 e. The van der Waals surface area contributed by atoms with Gasteiger partial charge in [-0.05, 0) is 7.05 Å². The van der Waals surface area contributed by atoms with E-state index in [9.17, 15) is 0 Å². The second-order valence-electron chi connectivity index (χ2n) is 1.70. The standard InChI is InChI=1S/C4H10N2O/c1-6-2-3-4(5)7-3/h3-4,6H,2,5H2,1H3. The molecule has 0 spiro atoms. The third-order valence-corrected chi connectivity index (χ3v) is 1.03. The van der Waals surface area contributed by atoms with Crippen molar-refractivity contribution in [1.29, 1.82) is 0 Å². The van der Waals surface area contributed by atoms with Crippen LogP contribution in [0, 0.1) is 0 Å². The van der Waals surface area contributed by atoms with Crippen LogP contribution < -0.4 is 11.1 Å². The summed E-state index contributed by atoms with van der Waals surface area (Å²) >= 11 is 0. The number of hydrogen-bond donors (Lipinski definition) is 2. The zero-order chi connectivity index (χ0) is 5.28. The zero-order valence-corrected chi connectivity index (χ0v) is 4.35. The lowest BCUT2D eigenvalue weighted by molar-refractivity contribution is 0.370. The summed E-state index contributed by atoms with van der Waals surface area (Å²) in [6.07, 6.45) is 0.289. The van der Waals surface area contributed by atoms with Crippen LogP contribution in [0.15, 0.2) is 0 Å². The first kappa shape index (κ1) is 5.03. The fourth-order valence-electron chi connectivity index (χ4n) is 0.522. The topological polar surface area (TPSA) is 50.6 Å². The van der Waals surface area contributed by atoms with Gasteiger partial charge in [0.2, 0.25) is 0 Å². The van der Waals surface area contributed by atoms with E-state index in [2.05, 4.69) is 5.32 Å². The molecule has 3 N–H and O–H groups in total. The average Bonchev–Trinajstić information content (AvgIpc) is 2.22. The molecule has 0 aromatic heterocycles. The van der Waals surface area contributed by atoms with E-state index in [0.29, 0.717) is 0 Å². The van der Waals surface area contributed by atoms with Crippen LogP contribution in [0.4, 0.5) is 0 Å². The fourth-order valence-corrected chi connectivity index (χ4v) is 0.522. The van der Waals surface area contributed by atoms with Crippen LogP contribution in [-0.4, -0.2) is 25.9 Å². The van der Waals surface area contributed by atoms with Crippen molar-refractivity contribution in [3.8, 4) is 0 Å². The number of ether oxygens (including phenoxy) is 1. The molecule has 2 unspecified atom stereocenters. The maximum absolute atomic E-state index is 5.29. The van der Waals surface area contributed by atoms with Crippen LogP contribution in [0.3, 0.4) is 0 Å². The summed E-state index contributed by atoms with van der Waals surface area (Å²) in [5, 5.41) is 2.96. The zero-order valence-electron chi connectivity index (χ0n) is 4.35. The average molecular weight is 102 g/mol.